The lowest BCUT2D eigenvalue weighted by Crippen LogP contribution is -2.31. The Morgan fingerprint density at radius 1 is 1.17 bits per heavy atom. The standard InChI is InChI=1S/C16H27NS/c1-3-15-11-12-16(18-15)13(2)17-14-9-7-5-4-6-8-10-14/h11-14,17H,3-10H2,1-2H3. The van der Waals surface area contributed by atoms with E-state index in [2.05, 4.69) is 31.3 Å². The van der Waals surface area contributed by atoms with Crippen molar-refractivity contribution in [2.75, 3.05) is 0 Å². The van der Waals surface area contributed by atoms with Gasteiger partial charge in [0.05, 0.1) is 0 Å². The van der Waals surface area contributed by atoms with Crippen LogP contribution in [0.4, 0.5) is 0 Å². The van der Waals surface area contributed by atoms with Gasteiger partial charge in [-0.3, -0.25) is 0 Å². The van der Waals surface area contributed by atoms with E-state index >= 15 is 0 Å². The number of hydrogen-bond donors (Lipinski definition) is 1. The summed E-state index contributed by atoms with van der Waals surface area (Å²) in [5.41, 5.74) is 0. The second-order valence-corrected chi connectivity index (χ2v) is 6.79. The van der Waals surface area contributed by atoms with Crippen molar-refractivity contribution < 1.29 is 0 Å². The summed E-state index contributed by atoms with van der Waals surface area (Å²) >= 11 is 1.98. The van der Waals surface area contributed by atoms with Crippen LogP contribution in [-0.4, -0.2) is 6.04 Å². The summed E-state index contributed by atoms with van der Waals surface area (Å²) in [7, 11) is 0. The quantitative estimate of drug-likeness (QED) is 0.801. The summed E-state index contributed by atoms with van der Waals surface area (Å²) in [5, 5.41) is 3.85. The topological polar surface area (TPSA) is 12.0 Å². The zero-order valence-electron chi connectivity index (χ0n) is 11.9. The van der Waals surface area contributed by atoms with Crippen molar-refractivity contribution in [1.82, 2.24) is 5.32 Å². The van der Waals surface area contributed by atoms with Gasteiger partial charge in [0.25, 0.3) is 0 Å². The maximum Gasteiger partial charge on any atom is 0.0388 e. The van der Waals surface area contributed by atoms with Gasteiger partial charge >= 0.3 is 0 Å². The molecule has 0 spiro atoms. The van der Waals surface area contributed by atoms with Crippen LogP contribution in [0.3, 0.4) is 0 Å². The fourth-order valence-electron chi connectivity index (χ4n) is 2.88. The summed E-state index contributed by atoms with van der Waals surface area (Å²) in [6, 6.07) is 5.87. The minimum absolute atomic E-state index is 0.528. The Morgan fingerprint density at radius 2 is 1.83 bits per heavy atom. The van der Waals surface area contributed by atoms with Crippen molar-refractivity contribution in [1.29, 1.82) is 0 Å². The Hall–Kier alpha value is -0.340. The number of aryl methyl sites for hydroxylation is 1. The molecule has 1 aromatic rings. The smallest absolute Gasteiger partial charge is 0.0388 e. The Kier molecular flexibility index (Phi) is 5.71. The average molecular weight is 265 g/mol. The highest BCUT2D eigenvalue weighted by molar-refractivity contribution is 7.12. The molecule has 1 N–H and O–H groups in total. The lowest BCUT2D eigenvalue weighted by Gasteiger charge is -2.24. The van der Waals surface area contributed by atoms with Crippen LogP contribution in [-0.2, 0) is 6.42 Å². The summed E-state index contributed by atoms with van der Waals surface area (Å²) in [6.45, 7) is 4.56. The van der Waals surface area contributed by atoms with Crippen LogP contribution < -0.4 is 5.32 Å². The van der Waals surface area contributed by atoms with E-state index in [1.54, 1.807) is 0 Å². The first-order chi connectivity index (χ1) is 8.79. The van der Waals surface area contributed by atoms with Gasteiger partial charge in [-0.1, -0.05) is 39.0 Å². The maximum absolute atomic E-state index is 3.85. The molecule has 1 heterocycles. The minimum Gasteiger partial charge on any atom is -0.307 e. The van der Waals surface area contributed by atoms with Crippen molar-refractivity contribution in [3.63, 3.8) is 0 Å². The third-order valence-electron chi connectivity index (χ3n) is 4.05. The van der Waals surface area contributed by atoms with Gasteiger partial charge in [0.15, 0.2) is 0 Å². The van der Waals surface area contributed by atoms with E-state index in [1.165, 1.54) is 61.1 Å². The molecule has 0 radical (unpaired) electrons. The lowest BCUT2D eigenvalue weighted by molar-refractivity contribution is 0.364. The number of nitrogens with one attached hydrogen (secondary N) is 1. The second-order valence-electron chi connectivity index (χ2n) is 5.59. The van der Waals surface area contributed by atoms with Gasteiger partial charge < -0.3 is 5.32 Å². The number of hydrogen-bond acceptors (Lipinski definition) is 2. The minimum atomic E-state index is 0.528. The summed E-state index contributed by atoms with van der Waals surface area (Å²) in [5.74, 6) is 0. The van der Waals surface area contributed by atoms with Crippen molar-refractivity contribution in [2.45, 2.75) is 77.3 Å². The predicted octanol–water partition coefficient (Wildman–Crippen LogP) is 5.07. The van der Waals surface area contributed by atoms with Gasteiger partial charge in [-0.05, 0) is 38.3 Å². The lowest BCUT2D eigenvalue weighted by atomic mass is 9.96. The van der Waals surface area contributed by atoms with Gasteiger partial charge in [-0.25, -0.2) is 0 Å². The second kappa shape index (κ2) is 7.30. The summed E-state index contributed by atoms with van der Waals surface area (Å²) in [6.07, 6.45) is 11.1. The molecule has 1 nitrogen and oxygen atoms in total. The van der Waals surface area contributed by atoms with Gasteiger partial charge in [0.1, 0.15) is 0 Å². The first-order valence-corrected chi connectivity index (χ1v) is 8.46. The highest BCUT2D eigenvalue weighted by Gasteiger charge is 2.15. The van der Waals surface area contributed by atoms with Crippen molar-refractivity contribution >= 4 is 11.3 Å². The molecule has 2 heteroatoms. The van der Waals surface area contributed by atoms with Crippen LogP contribution in [0.15, 0.2) is 12.1 Å². The molecule has 1 fully saturated rings. The molecule has 0 aliphatic heterocycles. The van der Waals surface area contributed by atoms with E-state index in [4.69, 9.17) is 0 Å². The molecular formula is C16H27NS. The highest BCUT2D eigenvalue weighted by Crippen LogP contribution is 2.25. The Morgan fingerprint density at radius 3 is 2.44 bits per heavy atom. The fourth-order valence-corrected chi connectivity index (χ4v) is 3.84. The monoisotopic (exact) mass is 265 g/mol. The van der Waals surface area contributed by atoms with Crippen LogP contribution in [0.5, 0.6) is 0 Å². The Bertz CT molecular complexity index is 337. The number of rotatable bonds is 4. The molecular weight excluding hydrogens is 238 g/mol. The zero-order valence-corrected chi connectivity index (χ0v) is 12.7. The van der Waals surface area contributed by atoms with Crippen LogP contribution in [0.25, 0.3) is 0 Å². The van der Waals surface area contributed by atoms with E-state index in [0.29, 0.717) is 6.04 Å². The molecule has 1 atom stereocenters. The normalized spacial score (nSPS) is 20.3. The third-order valence-corrected chi connectivity index (χ3v) is 5.46. The molecule has 18 heavy (non-hydrogen) atoms. The highest BCUT2D eigenvalue weighted by atomic mass is 32.1. The van der Waals surface area contributed by atoms with Crippen LogP contribution in [0.1, 0.15) is 74.6 Å². The fraction of sp³-hybridized carbons (Fsp3) is 0.750. The summed E-state index contributed by atoms with van der Waals surface area (Å²) in [4.78, 5) is 3.02. The molecule has 1 saturated carbocycles. The zero-order chi connectivity index (χ0) is 12.8. The average Bonchev–Trinajstić information content (AvgIpc) is 2.81. The molecule has 0 amide bonds. The van der Waals surface area contributed by atoms with Crippen molar-refractivity contribution in [2.24, 2.45) is 0 Å². The van der Waals surface area contributed by atoms with E-state index < -0.39 is 0 Å². The molecule has 0 bridgehead atoms. The van der Waals surface area contributed by atoms with Crippen molar-refractivity contribution in [3.05, 3.63) is 21.9 Å². The first kappa shape index (κ1) is 14.1. The number of thiophene rings is 1. The maximum atomic E-state index is 3.85. The predicted molar refractivity (Wildman–Crippen MR) is 81.4 cm³/mol. The molecule has 1 aliphatic rings. The van der Waals surface area contributed by atoms with Crippen LogP contribution in [0, 0.1) is 0 Å². The van der Waals surface area contributed by atoms with Gasteiger partial charge in [-0.15, -0.1) is 11.3 Å². The van der Waals surface area contributed by atoms with E-state index in [9.17, 15) is 0 Å². The molecule has 0 aromatic carbocycles. The van der Waals surface area contributed by atoms with Crippen LogP contribution >= 0.6 is 11.3 Å². The van der Waals surface area contributed by atoms with Gasteiger partial charge in [0.2, 0.25) is 0 Å². The van der Waals surface area contributed by atoms with Gasteiger partial charge in [0, 0.05) is 21.8 Å². The third kappa shape index (κ3) is 4.10. The molecule has 1 aliphatic carbocycles. The van der Waals surface area contributed by atoms with E-state index in [1.807, 2.05) is 11.3 Å². The van der Waals surface area contributed by atoms with E-state index in [-0.39, 0.29) is 0 Å². The largest absolute Gasteiger partial charge is 0.307 e. The first-order valence-electron chi connectivity index (χ1n) is 7.64. The Balaban J connectivity index is 1.86. The molecule has 0 saturated heterocycles. The molecule has 1 unspecified atom stereocenters. The SMILES string of the molecule is CCc1ccc(C(C)NC2CCCCCCC2)s1. The van der Waals surface area contributed by atoms with E-state index in [0.717, 1.165) is 6.04 Å². The van der Waals surface area contributed by atoms with Crippen LogP contribution in [0.2, 0.25) is 0 Å². The molecule has 2 rings (SSSR count). The molecule has 1 aromatic heterocycles. The van der Waals surface area contributed by atoms with Crippen molar-refractivity contribution in [3.8, 4) is 0 Å². The Labute approximate surface area is 116 Å². The van der Waals surface area contributed by atoms with Gasteiger partial charge in [-0.2, -0.15) is 0 Å². The summed E-state index contributed by atoms with van der Waals surface area (Å²) < 4.78 is 0. The molecule has 102 valence electrons.